The van der Waals surface area contributed by atoms with E-state index in [9.17, 15) is 4.79 Å². The van der Waals surface area contributed by atoms with Gasteiger partial charge >= 0.3 is 0 Å². The fraction of sp³-hybridized carbons (Fsp3) is 0.458. The van der Waals surface area contributed by atoms with Crippen LogP contribution in [0.2, 0.25) is 0 Å². The van der Waals surface area contributed by atoms with E-state index in [4.69, 9.17) is 9.47 Å². The lowest BCUT2D eigenvalue weighted by molar-refractivity contribution is -0.128. The molecule has 2 rings (SSSR count). The van der Waals surface area contributed by atoms with Crippen LogP contribution in [0.3, 0.4) is 0 Å². The quantitative estimate of drug-likeness (QED) is 0.588. The second-order valence-corrected chi connectivity index (χ2v) is 7.47. The Balaban J connectivity index is 1.76. The molecule has 2 aromatic carbocycles. The average molecular weight is 384 g/mol. The van der Waals surface area contributed by atoms with Crippen LogP contribution >= 0.6 is 0 Å². The molecule has 0 aliphatic carbocycles. The Morgan fingerprint density at radius 1 is 0.964 bits per heavy atom. The molecule has 1 amide bonds. The maximum absolute atomic E-state index is 12.4. The number of rotatable bonds is 10. The van der Waals surface area contributed by atoms with Crippen LogP contribution in [0.25, 0.3) is 0 Å². The summed E-state index contributed by atoms with van der Waals surface area (Å²) >= 11 is 0. The highest BCUT2D eigenvalue weighted by atomic mass is 16.5. The van der Waals surface area contributed by atoms with Crippen LogP contribution in [-0.2, 0) is 11.2 Å². The molecule has 0 fully saturated rings. The van der Waals surface area contributed by atoms with Gasteiger partial charge < -0.3 is 14.8 Å². The monoisotopic (exact) mass is 383 g/mol. The molecule has 0 aliphatic heterocycles. The Morgan fingerprint density at radius 3 is 2.25 bits per heavy atom. The van der Waals surface area contributed by atoms with Crippen molar-refractivity contribution < 1.29 is 14.3 Å². The van der Waals surface area contributed by atoms with Gasteiger partial charge in [0.05, 0.1) is 6.10 Å². The predicted octanol–water partition coefficient (Wildman–Crippen LogP) is 5.00. The Morgan fingerprint density at radius 2 is 1.64 bits per heavy atom. The van der Waals surface area contributed by atoms with Gasteiger partial charge in [0.2, 0.25) is 0 Å². The van der Waals surface area contributed by atoms with Gasteiger partial charge in [-0.25, -0.2) is 0 Å². The van der Waals surface area contributed by atoms with Gasteiger partial charge in [0.1, 0.15) is 11.5 Å². The SMILES string of the molecule is CCC(Oc1ccc(C)c(C)c1)C(=O)NCCCc1ccc(OC(C)C)cc1. The summed E-state index contributed by atoms with van der Waals surface area (Å²) in [6.07, 6.45) is 2.15. The molecule has 1 N–H and O–H groups in total. The van der Waals surface area contributed by atoms with Crippen LogP contribution < -0.4 is 14.8 Å². The van der Waals surface area contributed by atoms with Crippen molar-refractivity contribution >= 4 is 5.91 Å². The Bertz CT molecular complexity index is 753. The Labute approximate surface area is 169 Å². The summed E-state index contributed by atoms with van der Waals surface area (Å²) in [4.78, 5) is 12.4. The smallest absolute Gasteiger partial charge is 0.261 e. The van der Waals surface area contributed by atoms with Crippen LogP contribution in [-0.4, -0.2) is 24.7 Å². The molecule has 1 unspecified atom stereocenters. The van der Waals surface area contributed by atoms with E-state index in [1.165, 1.54) is 11.1 Å². The topological polar surface area (TPSA) is 47.6 Å². The van der Waals surface area contributed by atoms with E-state index < -0.39 is 6.10 Å². The minimum Gasteiger partial charge on any atom is -0.491 e. The first-order chi connectivity index (χ1) is 13.4. The number of hydrogen-bond acceptors (Lipinski definition) is 3. The normalized spacial score (nSPS) is 11.9. The lowest BCUT2D eigenvalue weighted by Gasteiger charge is -2.18. The number of carbonyl (C=O) groups is 1. The Hall–Kier alpha value is -2.49. The van der Waals surface area contributed by atoms with E-state index in [0.717, 1.165) is 29.9 Å². The largest absolute Gasteiger partial charge is 0.491 e. The summed E-state index contributed by atoms with van der Waals surface area (Å²) in [7, 11) is 0. The highest BCUT2D eigenvalue weighted by Crippen LogP contribution is 2.19. The van der Waals surface area contributed by atoms with Crippen molar-refractivity contribution in [3.63, 3.8) is 0 Å². The number of carbonyl (C=O) groups excluding carboxylic acids is 1. The van der Waals surface area contributed by atoms with Gasteiger partial charge in [-0.1, -0.05) is 25.1 Å². The third kappa shape index (κ3) is 6.91. The number of nitrogens with one attached hydrogen (secondary N) is 1. The lowest BCUT2D eigenvalue weighted by atomic mass is 10.1. The van der Waals surface area contributed by atoms with E-state index in [-0.39, 0.29) is 12.0 Å². The van der Waals surface area contributed by atoms with Gasteiger partial charge in [0.25, 0.3) is 5.91 Å². The van der Waals surface area contributed by atoms with Crippen molar-refractivity contribution in [2.75, 3.05) is 6.54 Å². The van der Waals surface area contributed by atoms with E-state index in [2.05, 4.69) is 24.4 Å². The molecule has 0 heterocycles. The highest BCUT2D eigenvalue weighted by Gasteiger charge is 2.18. The second kappa shape index (κ2) is 10.7. The van der Waals surface area contributed by atoms with Crippen molar-refractivity contribution in [1.29, 1.82) is 0 Å². The van der Waals surface area contributed by atoms with Gasteiger partial charge in [0, 0.05) is 6.54 Å². The molecule has 0 aromatic heterocycles. The average Bonchev–Trinajstić information content (AvgIpc) is 2.66. The molecule has 0 bridgehead atoms. The number of aryl methyl sites for hydroxylation is 3. The standard InChI is InChI=1S/C24H33NO3/c1-6-23(28-22-12-9-18(4)19(5)16-22)24(26)25-15-7-8-20-10-13-21(14-11-20)27-17(2)3/h9-14,16-17,23H,6-8,15H2,1-5H3,(H,25,26). The summed E-state index contributed by atoms with van der Waals surface area (Å²) in [5.41, 5.74) is 3.62. The molecule has 152 valence electrons. The molecule has 1 atom stereocenters. The van der Waals surface area contributed by atoms with E-state index in [1.54, 1.807) is 0 Å². The molecule has 0 aliphatic rings. The van der Waals surface area contributed by atoms with Crippen molar-refractivity contribution in [3.05, 3.63) is 59.2 Å². The van der Waals surface area contributed by atoms with Crippen molar-refractivity contribution in [3.8, 4) is 11.5 Å². The third-order valence-corrected chi connectivity index (χ3v) is 4.66. The predicted molar refractivity (Wildman–Crippen MR) is 114 cm³/mol. The second-order valence-electron chi connectivity index (χ2n) is 7.47. The molecule has 0 spiro atoms. The van der Waals surface area contributed by atoms with Crippen LogP contribution in [0.15, 0.2) is 42.5 Å². The van der Waals surface area contributed by atoms with Crippen molar-refractivity contribution in [2.24, 2.45) is 0 Å². The van der Waals surface area contributed by atoms with Gasteiger partial charge in [-0.15, -0.1) is 0 Å². The fourth-order valence-corrected chi connectivity index (χ4v) is 2.90. The van der Waals surface area contributed by atoms with E-state index in [0.29, 0.717) is 13.0 Å². The maximum atomic E-state index is 12.4. The minimum atomic E-state index is -0.463. The number of amides is 1. The minimum absolute atomic E-state index is 0.0543. The summed E-state index contributed by atoms with van der Waals surface area (Å²) in [6, 6.07) is 14.1. The van der Waals surface area contributed by atoms with Crippen LogP contribution in [0.4, 0.5) is 0 Å². The zero-order valence-electron chi connectivity index (χ0n) is 17.7. The summed E-state index contributed by atoms with van der Waals surface area (Å²) in [5, 5.41) is 3.00. The first kappa shape index (κ1) is 21.8. The summed E-state index contributed by atoms with van der Waals surface area (Å²) in [5.74, 6) is 1.58. The third-order valence-electron chi connectivity index (χ3n) is 4.66. The molecule has 4 heteroatoms. The summed E-state index contributed by atoms with van der Waals surface area (Å²) in [6.45, 7) is 10.7. The molecule has 0 radical (unpaired) electrons. The highest BCUT2D eigenvalue weighted by molar-refractivity contribution is 5.81. The van der Waals surface area contributed by atoms with Crippen LogP contribution in [0.1, 0.15) is 50.3 Å². The van der Waals surface area contributed by atoms with Crippen molar-refractivity contribution in [2.45, 2.75) is 66.1 Å². The van der Waals surface area contributed by atoms with Crippen LogP contribution in [0, 0.1) is 13.8 Å². The molecular weight excluding hydrogens is 350 g/mol. The fourth-order valence-electron chi connectivity index (χ4n) is 2.90. The van der Waals surface area contributed by atoms with Crippen LogP contribution in [0.5, 0.6) is 11.5 Å². The number of ether oxygens (including phenoxy) is 2. The van der Waals surface area contributed by atoms with Crippen molar-refractivity contribution in [1.82, 2.24) is 5.32 Å². The zero-order chi connectivity index (χ0) is 20.5. The first-order valence-corrected chi connectivity index (χ1v) is 10.2. The zero-order valence-corrected chi connectivity index (χ0v) is 17.7. The van der Waals surface area contributed by atoms with Gasteiger partial charge in [-0.3, -0.25) is 4.79 Å². The van der Waals surface area contributed by atoms with E-state index >= 15 is 0 Å². The summed E-state index contributed by atoms with van der Waals surface area (Å²) < 4.78 is 11.6. The van der Waals surface area contributed by atoms with Gasteiger partial charge in [-0.05, 0) is 87.9 Å². The molecular formula is C24H33NO3. The Kier molecular flexibility index (Phi) is 8.37. The number of benzene rings is 2. The lowest BCUT2D eigenvalue weighted by Crippen LogP contribution is -2.38. The molecule has 0 saturated carbocycles. The molecule has 4 nitrogen and oxygen atoms in total. The van der Waals surface area contributed by atoms with E-state index in [1.807, 2.05) is 58.0 Å². The first-order valence-electron chi connectivity index (χ1n) is 10.2. The van der Waals surface area contributed by atoms with Gasteiger partial charge in [0.15, 0.2) is 6.10 Å². The molecule has 0 saturated heterocycles. The molecule has 2 aromatic rings. The maximum Gasteiger partial charge on any atom is 0.261 e. The van der Waals surface area contributed by atoms with Gasteiger partial charge in [-0.2, -0.15) is 0 Å². The molecule has 28 heavy (non-hydrogen) atoms. The number of hydrogen-bond donors (Lipinski definition) is 1.